The molecule has 1 aliphatic carbocycles. The van der Waals surface area contributed by atoms with Gasteiger partial charge in [-0.3, -0.25) is 20.8 Å². The Balaban J connectivity index is 2.38. The first kappa shape index (κ1) is 15.5. The summed E-state index contributed by atoms with van der Waals surface area (Å²) in [6.07, 6.45) is 1.73. The molecule has 0 unspecified atom stereocenters. The minimum Gasteiger partial charge on any atom is -0.395 e. The van der Waals surface area contributed by atoms with Crippen molar-refractivity contribution in [1.29, 1.82) is 0 Å². The van der Waals surface area contributed by atoms with Crippen LogP contribution in [-0.2, 0) is 0 Å². The fraction of sp³-hybridized carbons (Fsp3) is 0.417. The quantitative estimate of drug-likeness (QED) is 0.411. The van der Waals surface area contributed by atoms with E-state index in [-0.39, 0.29) is 47.1 Å². The van der Waals surface area contributed by atoms with Crippen LogP contribution < -0.4 is 11.3 Å². The summed E-state index contributed by atoms with van der Waals surface area (Å²) >= 11 is 5.93. The summed E-state index contributed by atoms with van der Waals surface area (Å²) in [5.41, 5.74) is 1.85. The molecular formula is C12H15ClN4O4. The number of nitrogens with one attached hydrogen (secondary N) is 1. The molecule has 0 radical (unpaired) electrons. The topological polar surface area (TPSA) is 122 Å². The van der Waals surface area contributed by atoms with Gasteiger partial charge in [0.15, 0.2) is 0 Å². The zero-order valence-corrected chi connectivity index (χ0v) is 11.8. The Morgan fingerprint density at radius 2 is 2.24 bits per heavy atom. The minimum atomic E-state index is -0.661. The Hall–Kier alpha value is -1.90. The average molecular weight is 315 g/mol. The number of carbonyl (C=O) groups excluding carboxylic acids is 1. The lowest BCUT2D eigenvalue weighted by Gasteiger charge is -2.21. The van der Waals surface area contributed by atoms with Crippen molar-refractivity contribution in [2.24, 2.45) is 5.84 Å². The van der Waals surface area contributed by atoms with Crippen molar-refractivity contribution in [3.8, 4) is 0 Å². The summed E-state index contributed by atoms with van der Waals surface area (Å²) in [7, 11) is 0. The Labute approximate surface area is 125 Å². The first-order valence-corrected chi connectivity index (χ1v) is 6.73. The van der Waals surface area contributed by atoms with Crippen LogP contribution in [-0.4, -0.2) is 40.0 Å². The van der Waals surface area contributed by atoms with Crippen LogP contribution >= 0.6 is 11.6 Å². The second-order valence-corrected chi connectivity index (χ2v) is 5.11. The van der Waals surface area contributed by atoms with E-state index in [0.717, 1.165) is 18.9 Å². The van der Waals surface area contributed by atoms with E-state index in [4.69, 9.17) is 22.6 Å². The maximum atomic E-state index is 12.4. The van der Waals surface area contributed by atoms with Crippen molar-refractivity contribution in [1.82, 2.24) is 4.90 Å². The lowest BCUT2D eigenvalue weighted by atomic mass is 10.1. The highest BCUT2D eigenvalue weighted by molar-refractivity contribution is 6.34. The number of anilines is 1. The van der Waals surface area contributed by atoms with E-state index in [1.807, 2.05) is 0 Å². The standard InChI is InChI=1S/C12H15ClN4O4/c13-9-5-7(6-10(17(20)21)11(9)15-14)12(19)16(3-4-18)8-1-2-8/h5-6,8,15,18H,1-4,14H2. The average Bonchev–Trinajstić information content (AvgIpc) is 3.27. The summed E-state index contributed by atoms with van der Waals surface area (Å²) in [6, 6.07) is 2.55. The van der Waals surface area contributed by atoms with Crippen molar-refractivity contribution in [3.05, 3.63) is 32.8 Å². The highest BCUT2D eigenvalue weighted by atomic mass is 35.5. The smallest absolute Gasteiger partial charge is 0.295 e. The van der Waals surface area contributed by atoms with Gasteiger partial charge < -0.3 is 15.4 Å². The maximum Gasteiger partial charge on any atom is 0.295 e. The van der Waals surface area contributed by atoms with Gasteiger partial charge in [-0.1, -0.05) is 11.6 Å². The molecule has 1 aliphatic rings. The number of rotatable bonds is 6. The van der Waals surface area contributed by atoms with Crippen molar-refractivity contribution in [3.63, 3.8) is 0 Å². The monoisotopic (exact) mass is 314 g/mol. The van der Waals surface area contributed by atoms with Gasteiger partial charge in [-0.15, -0.1) is 0 Å². The summed E-state index contributed by atoms with van der Waals surface area (Å²) in [5, 5.41) is 20.1. The Morgan fingerprint density at radius 3 is 2.71 bits per heavy atom. The summed E-state index contributed by atoms with van der Waals surface area (Å²) in [5.74, 6) is 4.83. The molecular weight excluding hydrogens is 300 g/mol. The predicted molar refractivity (Wildman–Crippen MR) is 77.1 cm³/mol. The Morgan fingerprint density at radius 1 is 1.57 bits per heavy atom. The van der Waals surface area contributed by atoms with Gasteiger partial charge in [-0.25, -0.2) is 0 Å². The molecule has 1 saturated carbocycles. The van der Waals surface area contributed by atoms with E-state index in [1.54, 1.807) is 0 Å². The van der Waals surface area contributed by atoms with Crippen molar-refractivity contribution in [2.45, 2.75) is 18.9 Å². The lowest BCUT2D eigenvalue weighted by Crippen LogP contribution is -2.35. The number of nitrogens with two attached hydrogens (primary N) is 1. The first-order chi connectivity index (χ1) is 9.99. The number of nitrogen functional groups attached to an aromatic ring is 1. The number of aliphatic hydroxyl groups is 1. The van der Waals surface area contributed by atoms with Crippen LogP contribution in [0, 0.1) is 10.1 Å². The van der Waals surface area contributed by atoms with E-state index >= 15 is 0 Å². The highest BCUT2D eigenvalue weighted by Gasteiger charge is 2.33. The van der Waals surface area contributed by atoms with E-state index in [1.165, 1.54) is 11.0 Å². The second kappa shape index (κ2) is 6.25. The largest absolute Gasteiger partial charge is 0.395 e. The van der Waals surface area contributed by atoms with E-state index in [0.29, 0.717) is 0 Å². The van der Waals surface area contributed by atoms with Crippen LogP contribution in [0.1, 0.15) is 23.2 Å². The van der Waals surface area contributed by atoms with Crippen molar-refractivity contribution < 1.29 is 14.8 Å². The number of nitro benzene ring substituents is 1. The van der Waals surface area contributed by atoms with E-state index < -0.39 is 4.92 Å². The van der Waals surface area contributed by atoms with Gasteiger partial charge in [0.05, 0.1) is 16.6 Å². The number of nitrogens with zero attached hydrogens (tertiary/aromatic N) is 2. The van der Waals surface area contributed by atoms with E-state index in [2.05, 4.69) is 5.43 Å². The summed E-state index contributed by atoms with van der Waals surface area (Å²) < 4.78 is 0. The molecule has 4 N–H and O–H groups in total. The van der Waals surface area contributed by atoms with Gasteiger partial charge in [0.2, 0.25) is 0 Å². The fourth-order valence-electron chi connectivity index (χ4n) is 2.11. The predicted octanol–water partition coefficient (Wildman–Crippen LogP) is 1.13. The number of benzene rings is 1. The molecule has 9 heteroatoms. The van der Waals surface area contributed by atoms with E-state index in [9.17, 15) is 14.9 Å². The molecule has 8 nitrogen and oxygen atoms in total. The van der Waals surface area contributed by atoms with Crippen LogP contribution in [0.3, 0.4) is 0 Å². The molecule has 1 aromatic rings. The van der Waals surface area contributed by atoms with Crippen LogP contribution in [0.4, 0.5) is 11.4 Å². The van der Waals surface area contributed by atoms with Gasteiger partial charge in [-0.2, -0.15) is 0 Å². The number of carbonyl (C=O) groups is 1. The van der Waals surface area contributed by atoms with Gasteiger partial charge in [-0.05, 0) is 18.9 Å². The van der Waals surface area contributed by atoms with Gasteiger partial charge in [0, 0.05) is 24.2 Å². The molecule has 21 heavy (non-hydrogen) atoms. The number of amides is 1. The van der Waals surface area contributed by atoms with Crippen molar-refractivity contribution >= 4 is 28.9 Å². The normalized spacial score (nSPS) is 13.9. The second-order valence-electron chi connectivity index (χ2n) is 4.71. The molecule has 1 fully saturated rings. The summed E-state index contributed by atoms with van der Waals surface area (Å²) in [6.45, 7) is 0.0202. The molecule has 0 aromatic heterocycles. The summed E-state index contributed by atoms with van der Waals surface area (Å²) in [4.78, 5) is 24.3. The van der Waals surface area contributed by atoms with Crippen LogP contribution in [0.5, 0.6) is 0 Å². The van der Waals surface area contributed by atoms with Gasteiger partial charge in [0.1, 0.15) is 5.69 Å². The van der Waals surface area contributed by atoms with Gasteiger partial charge in [0.25, 0.3) is 11.6 Å². The highest BCUT2D eigenvalue weighted by Crippen LogP contribution is 2.35. The van der Waals surface area contributed by atoms with Crippen LogP contribution in [0.25, 0.3) is 0 Å². The number of hydrazine groups is 1. The Kier molecular flexibility index (Phi) is 4.61. The third kappa shape index (κ3) is 3.23. The minimum absolute atomic E-state index is 0.00482. The maximum absolute atomic E-state index is 12.4. The molecule has 0 atom stereocenters. The van der Waals surface area contributed by atoms with Crippen molar-refractivity contribution in [2.75, 3.05) is 18.6 Å². The molecule has 1 amide bonds. The number of halogens is 1. The van der Waals surface area contributed by atoms with Crippen LogP contribution in [0.2, 0.25) is 5.02 Å². The molecule has 0 saturated heterocycles. The lowest BCUT2D eigenvalue weighted by molar-refractivity contribution is -0.384. The zero-order valence-electron chi connectivity index (χ0n) is 11.1. The Bertz CT molecular complexity index is 577. The third-order valence-corrected chi connectivity index (χ3v) is 3.54. The number of hydrogen-bond acceptors (Lipinski definition) is 6. The molecule has 0 spiro atoms. The van der Waals surface area contributed by atoms with Crippen LogP contribution in [0.15, 0.2) is 12.1 Å². The third-order valence-electron chi connectivity index (χ3n) is 3.25. The number of hydrogen-bond donors (Lipinski definition) is 3. The molecule has 1 aromatic carbocycles. The molecule has 2 rings (SSSR count). The zero-order chi connectivity index (χ0) is 15.6. The first-order valence-electron chi connectivity index (χ1n) is 6.36. The molecule has 0 heterocycles. The number of nitro groups is 1. The molecule has 0 aliphatic heterocycles. The van der Waals surface area contributed by atoms with Gasteiger partial charge >= 0.3 is 0 Å². The molecule has 0 bridgehead atoms. The SMILES string of the molecule is NNc1c(Cl)cc(C(=O)N(CCO)C2CC2)cc1[N+](=O)[O-]. The number of aliphatic hydroxyl groups excluding tert-OH is 1. The fourth-order valence-corrected chi connectivity index (χ4v) is 2.38. The molecule has 114 valence electrons.